The Kier molecular flexibility index (Phi) is 12.5. The van der Waals surface area contributed by atoms with Crippen molar-refractivity contribution in [2.24, 2.45) is 4.99 Å². The van der Waals surface area contributed by atoms with Crippen LogP contribution in [0.15, 0.2) is 29.4 Å². The van der Waals surface area contributed by atoms with Gasteiger partial charge in [0.25, 0.3) is 0 Å². The lowest BCUT2D eigenvalue weighted by atomic mass is 10.2. The summed E-state index contributed by atoms with van der Waals surface area (Å²) in [5.74, 6) is 0.615. The van der Waals surface area contributed by atoms with Gasteiger partial charge >= 0.3 is 5.97 Å². The van der Waals surface area contributed by atoms with Crippen molar-refractivity contribution in [3.05, 3.63) is 30.1 Å². The van der Waals surface area contributed by atoms with Crippen LogP contribution >= 0.6 is 24.0 Å². The van der Waals surface area contributed by atoms with Gasteiger partial charge < -0.3 is 15.4 Å². The van der Waals surface area contributed by atoms with Crippen LogP contribution in [0.4, 0.5) is 0 Å². The van der Waals surface area contributed by atoms with Gasteiger partial charge in [0.05, 0.1) is 19.3 Å². The maximum atomic E-state index is 10.9. The third-order valence-corrected chi connectivity index (χ3v) is 2.96. The summed E-state index contributed by atoms with van der Waals surface area (Å²) in [5.41, 5.74) is 0.971. The van der Waals surface area contributed by atoms with Crippen LogP contribution in [0.1, 0.15) is 31.4 Å². The number of carbonyl (C=O) groups excluding carboxylic acids is 1. The molecule has 0 saturated heterocycles. The molecule has 0 atom stereocenters. The van der Waals surface area contributed by atoms with E-state index in [1.54, 1.807) is 13.2 Å². The minimum Gasteiger partial charge on any atom is -0.469 e. The summed E-state index contributed by atoms with van der Waals surface area (Å²) < 4.78 is 4.60. The van der Waals surface area contributed by atoms with Gasteiger partial charge in [-0.1, -0.05) is 12.5 Å². The minimum absolute atomic E-state index is 0. The number of rotatable bonds is 8. The van der Waals surface area contributed by atoms with Gasteiger partial charge in [-0.25, -0.2) is 0 Å². The number of hydrogen-bond acceptors (Lipinski definition) is 4. The Labute approximate surface area is 149 Å². The summed E-state index contributed by atoms with van der Waals surface area (Å²) in [6.07, 6.45) is 5.09. The number of carbonyl (C=O) groups is 1. The number of ether oxygens (including phenoxy) is 1. The molecule has 1 heterocycles. The zero-order valence-corrected chi connectivity index (χ0v) is 15.5. The third kappa shape index (κ3) is 9.54. The molecule has 0 amide bonds. The zero-order chi connectivity index (χ0) is 15.3. The molecule has 0 aliphatic rings. The largest absolute Gasteiger partial charge is 0.469 e. The van der Waals surface area contributed by atoms with E-state index in [0.717, 1.165) is 37.5 Å². The lowest BCUT2D eigenvalue weighted by Crippen LogP contribution is -2.37. The molecule has 2 N–H and O–H groups in total. The smallest absolute Gasteiger partial charge is 0.305 e. The molecule has 6 nitrogen and oxygen atoms in total. The second-order valence-electron chi connectivity index (χ2n) is 4.56. The van der Waals surface area contributed by atoms with E-state index < -0.39 is 0 Å². The second-order valence-corrected chi connectivity index (χ2v) is 4.56. The number of esters is 1. The molecule has 124 valence electrons. The van der Waals surface area contributed by atoms with Crippen molar-refractivity contribution < 1.29 is 9.53 Å². The molecule has 0 fully saturated rings. The molecule has 0 saturated carbocycles. The SMILES string of the molecule is CN=C(NCCCCCC(=O)OC)NCc1ccccn1.I. The number of hydrogen-bond donors (Lipinski definition) is 2. The highest BCUT2D eigenvalue weighted by Crippen LogP contribution is 2.00. The molecular formula is C15H25IN4O2. The molecule has 0 aromatic carbocycles. The number of halogens is 1. The summed E-state index contributed by atoms with van der Waals surface area (Å²) in [7, 11) is 3.16. The normalized spacial score (nSPS) is 10.5. The zero-order valence-electron chi connectivity index (χ0n) is 13.2. The quantitative estimate of drug-likeness (QED) is 0.222. The van der Waals surface area contributed by atoms with Gasteiger partial charge in [0, 0.05) is 26.2 Å². The molecule has 0 aliphatic carbocycles. The lowest BCUT2D eigenvalue weighted by Gasteiger charge is -2.11. The Balaban J connectivity index is 0.00000441. The van der Waals surface area contributed by atoms with Crippen LogP contribution in [0.3, 0.4) is 0 Å². The van der Waals surface area contributed by atoms with Crippen molar-refractivity contribution >= 4 is 35.9 Å². The first-order chi connectivity index (χ1) is 10.3. The lowest BCUT2D eigenvalue weighted by molar-refractivity contribution is -0.140. The van der Waals surface area contributed by atoms with Gasteiger partial charge in [0.1, 0.15) is 0 Å². The van der Waals surface area contributed by atoms with E-state index in [2.05, 4.69) is 25.3 Å². The molecule has 1 aromatic rings. The van der Waals surface area contributed by atoms with E-state index in [4.69, 9.17) is 0 Å². The van der Waals surface area contributed by atoms with Gasteiger partial charge in [-0.05, 0) is 25.0 Å². The first-order valence-corrected chi connectivity index (χ1v) is 7.17. The highest BCUT2D eigenvalue weighted by Gasteiger charge is 2.00. The highest BCUT2D eigenvalue weighted by molar-refractivity contribution is 14.0. The topological polar surface area (TPSA) is 75.6 Å². The maximum absolute atomic E-state index is 10.9. The van der Waals surface area contributed by atoms with Crippen LogP contribution in [-0.2, 0) is 16.1 Å². The molecular weight excluding hydrogens is 395 g/mol. The summed E-state index contributed by atoms with van der Waals surface area (Å²) in [4.78, 5) is 19.3. The van der Waals surface area contributed by atoms with Gasteiger partial charge in [-0.3, -0.25) is 14.8 Å². The van der Waals surface area contributed by atoms with Crippen molar-refractivity contribution in [3.63, 3.8) is 0 Å². The molecule has 0 spiro atoms. The fraction of sp³-hybridized carbons (Fsp3) is 0.533. The first-order valence-electron chi connectivity index (χ1n) is 7.17. The predicted molar refractivity (Wildman–Crippen MR) is 98.3 cm³/mol. The number of pyridine rings is 1. The molecule has 1 aromatic heterocycles. The second kappa shape index (κ2) is 13.3. The van der Waals surface area contributed by atoms with Crippen molar-refractivity contribution in [2.45, 2.75) is 32.2 Å². The number of nitrogens with one attached hydrogen (secondary N) is 2. The fourth-order valence-corrected chi connectivity index (χ4v) is 1.78. The molecule has 0 bridgehead atoms. The van der Waals surface area contributed by atoms with E-state index in [-0.39, 0.29) is 29.9 Å². The fourth-order valence-electron chi connectivity index (χ4n) is 1.78. The average molecular weight is 420 g/mol. The van der Waals surface area contributed by atoms with Crippen LogP contribution in [-0.4, -0.2) is 37.6 Å². The van der Waals surface area contributed by atoms with Crippen LogP contribution in [0, 0.1) is 0 Å². The molecule has 0 aliphatic heterocycles. The monoisotopic (exact) mass is 420 g/mol. The predicted octanol–water partition coefficient (Wildman–Crippen LogP) is 2.10. The minimum atomic E-state index is -0.143. The van der Waals surface area contributed by atoms with E-state index in [1.807, 2.05) is 18.2 Å². The number of methoxy groups -OCH3 is 1. The first kappa shape index (κ1) is 20.6. The van der Waals surface area contributed by atoms with E-state index in [0.29, 0.717) is 13.0 Å². The summed E-state index contributed by atoms with van der Waals surface area (Å²) in [6.45, 7) is 1.46. The highest BCUT2D eigenvalue weighted by atomic mass is 127. The van der Waals surface area contributed by atoms with Crippen LogP contribution < -0.4 is 10.6 Å². The molecule has 22 heavy (non-hydrogen) atoms. The molecule has 0 radical (unpaired) electrons. The summed E-state index contributed by atoms with van der Waals surface area (Å²) >= 11 is 0. The van der Waals surface area contributed by atoms with Gasteiger partial charge in [0.2, 0.25) is 0 Å². The number of nitrogens with zero attached hydrogens (tertiary/aromatic N) is 2. The number of aliphatic imine (C=N–C) groups is 1. The van der Waals surface area contributed by atoms with Crippen LogP contribution in [0.25, 0.3) is 0 Å². The molecule has 7 heteroatoms. The Morgan fingerprint density at radius 1 is 1.27 bits per heavy atom. The van der Waals surface area contributed by atoms with Crippen LogP contribution in [0.2, 0.25) is 0 Å². The summed E-state index contributed by atoms with van der Waals surface area (Å²) in [6, 6.07) is 5.82. The van der Waals surface area contributed by atoms with Crippen molar-refractivity contribution in [1.29, 1.82) is 0 Å². The maximum Gasteiger partial charge on any atom is 0.305 e. The Morgan fingerprint density at radius 2 is 2.09 bits per heavy atom. The Morgan fingerprint density at radius 3 is 2.73 bits per heavy atom. The van der Waals surface area contributed by atoms with Gasteiger partial charge in [-0.2, -0.15) is 0 Å². The van der Waals surface area contributed by atoms with Crippen molar-refractivity contribution in [3.8, 4) is 0 Å². The van der Waals surface area contributed by atoms with Crippen molar-refractivity contribution in [2.75, 3.05) is 20.7 Å². The van der Waals surface area contributed by atoms with Gasteiger partial charge in [0.15, 0.2) is 5.96 Å². The number of aromatic nitrogens is 1. The molecule has 1 rings (SSSR count). The van der Waals surface area contributed by atoms with E-state index in [1.165, 1.54) is 7.11 Å². The molecule has 0 unspecified atom stereocenters. The number of unbranched alkanes of at least 4 members (excludes halogenated alkanes) is 2. The Bertz CT molecular complexity index is 440. The standard InChI is InChI=1S/C15H24N4O2.HI/c1-16-15(19-12-13-8-5-7-10-17-13)18-11-6-3-4-9-14(20)21-2;/h5,7-8,10H,3-4,6,9,11-12H2,1-2H3,(H2,16,18,19);1H. The van der Waals surface area contributed by atoms with Crippen LogP contribution in [0.5, 0.6) is 0 Å². The number of guanidine groups is 1. The summed E-state index contributed by atoms with van der Waals surface area (Å²) in [5, 5.41) is 6.44. The van der Waals surface area contributed by atoms with Gasteiger partial charge in [-0.15, -0.1) is 24.0 Å². The van der Waals surface area contributed by atoms with Crippen molar-refractivity contribution in [1.82, 2.24) is 15.6 Å². The third-order valence-electron chi connectivity index (χ3n) is 2.96. The Hall–Kier alpha value is -1.38. The average Bonchev–Trinajstić information content (AvgIpc) is 2.54. The van der Waals surface area contributed by atoms with E-state index >= 15 is 0 Å². The van der Waals surface area contributed by atoms with E-state index in [9.17, 15) is 4.79 Å².